The van der Waals surface area contributed by atoms with Crippen LogP contribution in [0.3, 0.4) is 0 Å². The minimum Gasteiger partial charge on any atom is -0.329 e. The minimum absolute atomic E-state index is 0.0271. The number of carbonyl (C=O) groups is 4. The Morgan fingerprint density at radius 2 is 1.95 bits per heavy atom. The van der Waals surface area contributed by atoms with Gasteiger partial charge in [0.15, 0.2) is 5.78 Å². The van der Waals surface area contributed by atoms with Crippen LogP contribution in [-0.2, 0) is 20.9 Å². The van der Waals surface area contributed by atoms with Gasteiger partial charge in [-0.1, -0.05) is 17.7 Å². The molecular formula is C26H28ClN7O4. The Morgan fingerprint density at radius 3 is 2.63 bits per heavy atom. The van der Waals surface area contributed by atoms with Crippen molar-refractivity contribution >= 4 is 57.5 Å². The van der Waals surface area contributed by atoms with E-state index in [4.69, 9.17) is 11.6 Å². The number of hydrogen-bond acceptors (Lipinski definition) is 7. The summed E-state index contributed by atoms with van der Waals surface area (Å²) in [6.07, 6.45) is 3.35. The van der Waals surface area contributed by atoms with E-state index in [1.807, 2.05) is 0 Å². The average molecular weight is 538 g/mol. The Balaban J connectivity index is 1.32. The third-order valence-electron chi connectivity index (χ3n) is 6.62. The van der Waals surface area contributed by atoms with E-state index in [0.29, 0.717) is 22.4 Å². The summed E-state index contributed by atoms with van der Waals surface area (Å²) in [5, 5.41) is 13.9. The number of ketones is 1. The SMILES string of the molecule is CC(=O)c1nn(CC(=O)N(CC(=O)Nc2cccc(Cl)n2)C2CC2)c2ccc(NC(=O)C3CCCN3)cc12. The monoisotopic (exact) mass is 537 g/mol. The van der Waals surface area contributed by atoms with Crippen LogP contribution in [0.15, 0.2) is 36.4 Å². The molecule has 5 rings (SSSR count). The first-order valence-electron chi connectivity index (χ1n) is 12.6. The largest absolute Gasteiger partial charge is 0.329 e. The van der Waals surface area contributed by atoms with Crippen molar-refractivity contribution in [2.24, 2.45) is 0 Å². The van der Waals surface area contributed by atoms with E-state index in [1.165, 1.54) is 16.5 Å². The highest BCUT2D eigenvalue weighted by Gasteiger charge is 2.34. The molecule has 0 bridgehead atoms. The van der Waals surface area contributed by atoms with Crippen LogP contribution in [0.4, 0.5) is 11.5 Å². The molecule has 0 radical (unpaired) electrons. The molecule has 1 unspecified atom stereocenters. The predicted octanol–water partition coefficient (Wildman–Crippen LogP) is 2.61. The molecule has 1 atom stereocenters. The van der Waals surface area contributed by atoms with E-state index in [1.54, 1.807) is 36.4 Å². The van der Waals surface area contributed by atoms with Crippen LogP contribution in [-0.4, -0.2) is 68.3 Å². The summed E-state index contributed by atoms with van der Waals surface area (Å²) in [6, 6.07) is 9.80. The maximum atomic E-state index is 13.3. The highest BCUT2D eigenvalue weighted by molar-refractivity contribution is 6.29. The molecular weight excluding hydrogens is 510 g/mol. The summed E-state index contributed by atoms with van der Waals surface area (Å²) in [6.45, 7) is 1.94. The molecule has 1 aliphatic heterocycles. The number of pyridine rings is 1. The predicted molar refractivity (Wildman–Crippen MR) is 142 cm³/mol. The van der Waals surface area contributed by atoms with Crippen LogP contribution in [0.25, 0.3) is 10.9 Å². The van der Waals surface area contributed by atoms with Gasteiger partial charge in [0.1, 0.15) is 29.8 Å². The van der Waals surface area contributed by atoms with E-state index in [9.17, 15) is 19.2 Å². The van der Waals surface area contributed by atoms with Gasteiger partial charge in [-0.25, -0.2) is 4.98 Å². The van der Waals surface area contributed by atoms with Crippen molar-refractivity contribution in [2.45, 2.75) is 51.2 Å². The molecule has 3 aromatic rings. The second-order valence-corrected chi connectivity index (χ2v) is 9.97. The second-order valence-electron chi connectivity index (χ2n) is 9.58. The number of carbonyl (C=O) groups excluding carboxylic acids is 4. The molecule has 3 heterocycles. The van der Waals surface area contributed by atoms with E-state index in [2.05, 4.69) is 26.0 Å². The summed E-state index contributed by atoms with van der Waals surface area (Å²) < 4.78 is 1.48. The number of rotatable bonds is 9. The highest BCUT2D eigenvalue weighted by Crippen LogP contribution is 2.28. The number of halogens is 1. The Labute approximate surface area is 223 Å². The fourth-order valence-electron chi connectivity index (χ4n) is 4.62. The molecule has 1 aromatic carbocycles. The van der Waals surface area contributed by atoms with E-state index < -0.39 is 0 Å². The fraction of sp³-hybridized carbons (Fsp3) is 0.385. The smallest absolute Gasteiger partial charge is 0.245 e. The number of Topliss-reactive ketones (excluding diaryl/α,β-unsaturated/α-hetero) is 1. The molecule has 2 aliphatic rings. The van der Waals surface area contributed by atoms with Crippen LogP contribution < -0.4 is 16.0 Å². The van der Waals surface area contributed by atoms with Crippen molar-refractivity contribution in [3.05, 3.63) is 47.2 Å². The van der Waals surface area contributed by atoms with E-state index >= 15 is 0 Å². The molecule has 1 saturated heterocycles. The van der Waals surface area contributed by atoms with Gasteiger partial charge in [-0.3, -0.25) is 23.9 Å². The van der Waals surface area contributed by atoms with Crippen molar-refractivity contribution in [3.8, 4) is 0 Å². The average Bonchev–Trinajstić information content (AvgIpc) is 3.42. The van der Waals surface area contributed by atoms with Crippen LogP contribution in [0.5, 0.6) is 0 Å². The van der Waals surface area contributed by atoms with Crippen LogP contribution in [0, 0.1) is 0 Å². The number of nitrogens with zero attached hydrogens (tertiary/aromatic N) is 4. The zero-order valence-corrected chi connectivity index (χ0v) is 21.6. The normalized spacial score (nSPS) is 16.8. The van der Waals surface area contributed by atoms with Crippen molar-refractivity contribution in [1.29, 1.82) is 0 Å². The van der Waals surface area contributed by atoms with Gasteiger partial charge in [-0.05, 0) is 62.6 Å². The Kier molecular flexibility index (Phi) is 7.39. The first kappa shape index (κ1) is 25.8. The number of fused-ring (bicyclic) bond motifs is 1. The van der Waals surface area contributed by atoms with Crippen molar-refractivity contribution in [1.82, 2.24) is 25.0 Å². The van der Waals surface area contributed by atoms with Gasteiger partial charge < -0.3 is 20.9 Å². The number of anilines is 2. The first-order chi connectivity index (χ1) is 18.3. The van der Waals surface area contributed by atoms with Crippen molar-refractivity contribution < 1.29 is 19.2 Å². The Morgan fingerprint density at radius 1 is 1.13 bits per heavy atom. The third-order valence-corrected chi connectivity index (χ3v) is 6.83. The number of benzene rings is 1. The van der Waals surface area contributed by atoms with Crippen LogP contribution >= 0.6 is 11.6 Å². The quantitative estimate of drug-likeness (QED) is 0.282. The summed E-state index contributed by atoms with van der Waals surface area (Å²) in [5.74, 6) is -0.742. The molecule has 3 N–H and O–H groups in total. The molecule has 38 heavy (non-hydrogen) atoms. The number of hydrogen-bond donors (Lipinski definition) is 3. The Bertz CT molecular complexity index is 1410. The maximum Gasteiger partial charge on any atom is 0.245 e. The summed E-state index contributed by atoms with van der Waals surface area (Å²) in [7, 11) is 0. The standard InChI is InChI=1S/C26H28ClN7O4/c1-15(35)25-18-12-16(29-26(38)19-4-3-11-28-19)7-10-20(18)34(32-25)14-24(37)33(17-8-9-17)13-23(36)31-22-6-2-5-21(27)30-22/h2,5-7,10,12,17,19,28H,3-4,8-9,11,13-14H2,1H3,(H,29,38)(H,30,31,36). The zero-order chi connectivity index (χ0) is 26.8. The summed E-state index contributed by atoms with van der Waals surface area (Å²) in [5.41, 5.74) is 1.35. The maximum absolute atomic E-state index is 13.3. The molecule has 2 fully saturated rings. The lowest BCUT2D eigenvalue weighted by atomic mass is 10.1. The van der Waals surface area contributed by atoms with Gasteiger partial charge in [0.2, 0.25) is 17.7 Å². The lowest BCUT2D eigenvalue weighted by molar-refractivity contribution is -0.135. The molecule has 2 aromatic heterocycles. The number of aromatic nitrogens is 3. The van der Waals surface area contributed by atoms with Crippen LogP contribution in [0.2, 0.25) is 5.15 Å². The van der Waals surface area contributed by atoms with Gasteiger partial charge in [-0.2, -0.15) is 5.10 Å². The van der Waals surface area contributed by atoms with Gasteiger partial charge in [-0.15, -0.1) is 0 Å². The van der Waals surface area contributed by atoms with Crippen molar-refractivity contribution in [3.63, 3.8) is 0 Å². The number of amides is 3. The van der Waals surface area contributed by atoms with Gasteiger partial charge in [0, 0.05) is 24.0 Å². The summed E-state index contributed by atoms with van der Waals surface area (Å²) >= 11 is 5.89. The lowest BCUT2D eigenvalue weighted by Crippen LogP contribution is -2.41. The lowest BCUT2D eigenvalue weighted by Gasteiger charge is -2.22. The van der Waals surface area contributed by atoms with Crippen LogP contribution in [0.1, 0.15) is 43.1 Å². The molecule has 0 spiro atoms. The highest BCUT2D eigenvalue weighted by atomic mass is 35.5. The molecule has 11 nitrogen and oxygen atoms in total. The number of nitrogens with one attached hydrogen (secondary N) is 3. The third kappa shape index (κ3) is 5.84. The summed E-state index contributed by atoms with van der Waals surface area (Å²) in [4.78, 5) is 56.4. The molecule has 198 valence electrons. The molecule has 1 aliphatic carbocycles. The molecule has 1 saturated carbocycles. The van der Waals surface area contributed by atoms with E-state index in [-0.39, 0.29) is 59.5 Å². The first-order valence-corrected chi connectivity index (χ1v) is 12.9. The van der Waals surface area contributed by atoms with Gasteiger partial charge in [0.05, 0.1) is 11.6 Å². The topological polar surface area (TPSA) is 138 Å². The molecule has 12 heteroatoms. The van der Waals surface area contributed by atoms with Gasteiger partial charge >= 0.3 is 0 Å². The minimum atomic E-state index is -0.382. The van der Waals surface area contributed by atoms with Gasteiger partial charge in [0.25, 0.3) is 0 Å². The zero-order valence-electron chi connectivity index (χ0n) is 20.9. The molecule has 3 amide bonds. The van der Waals surface area contributed by atoms with Crippen molar-refractivity contribution in [2.75, 3.05) is 23.7 Å². The Hall–Kier alpha value is -3.83. The second kappa shape index (κ2) is 10.9. The van der Waals surface area contributed by atoms with E-state index in [0.717, 1.165) is 32.2 Å². The fourth-order valence-corrected chi connectivity index (χ4v) is 4.78.